The molecule has 30 heavy (non-hydrogen) atoms. The Kier molecular flexibility index (Phi) is 6.61. The Morgan fingerprint density at radius 2 is 1.80 bits per heavy atom. The fourth-order valence-corrected chi connectivity index (χ4v) is 5.25. The number of hydrogen-bond acceptors (Lipinski definition) is 4. The highest BCUT2D eigenvalue weighted by molar-refractivity contribution is 6.30. The topological polar surface area (TPSA) is 64.0 Å². The number of carbonyl (C=O) groups is 1. The molecular weight excluding hydrogens is 400 g/mol. The third-order valence-electron chi connectivity index (χ3n) is 6.63. The van der Waals surface area contributed by atoms with Gasteiger partial charge in [0.25, 0.3) is 0 Å². The summed E-state index contributed by atoms with van der Waals surface area (Å²) in [6, 6.07) is 16.2. The zero-order chi connectivity index (χ0) is 21.1. The van der Waals surface area contributed by atoms with E-state index in [0.717, 1.165) is 24.9 Å². The Balaban J connectivity index is 1.38. The van der Waals surface area contributed by atoms with Crippen LogP contribution in [0.2, 0.25) is 5.02 Å². The van der Waals surface area contributed by atoms with Gasteiger partial charge in [-0.2, -0.15) is 0 Å². The van der Waals surface area contributed by atoms with Crippen molar-refractivity contribution in [1.29, 1.82) is 0 Å². The average Bonchev–Trinajstić information content (AvgIpc) is 2.98. The van der Waals surface area contributed by atoms with Crippen LogP contribution < -0.4 is 0 Å². The van der Waals surface area contributed by atoms with Crippen LogP contribution in [0.3, 0.4) is 0 Å². The number of hydrogen-bond donors (Lipinski definition) is 2. The van der Waals surface area contributed by atoms with E-state index >= 15 is 0 Å². The first-order valence-electron chi connectivity index (χ1n) is 10.7. The molecule has 2 heterocycles. The number of amides is 1. The number of nitrogens with zero attached hydrogens (tertiary/aromatic N) is 2. The van der Waals surface area contributed by atoms with Crippen LogP contribution in [-0.4, -0.2) is 57.7 Å². The van der Waals surface area contributed by atoms with Crippen LogP contribution in [0.1, 0.15) is 42.7 Å². The molecule has 2 unspecified atom stereocenters. The van der Waals surface area contributed by atoms with Crippen LogP contribution in [0, 0.1) is 0 Å². The fraction of sp³-hybridized carbons (Fsp3) is 0.458. The van der Waals surface area contributed by atoms with E-state index in [1.54, 1.807) is 11.0 Å². The lowest BCUT2D eigenvalue weighted by molar-refractivity contribution is -0.135. The van der Waals surface area contributed by atoms with Gasteiger partial charge in [-0.05, 0) is 67.0 Å². The molecule has 2 saturated heterocycles. The van der Waals surface area contributed by atoms with E-state index in [-0.39, 0.29) is 5.91 Å². The van der Waals surface area contributed by atoms with Crippen molar-refractivity contribution in [2.75, 3.05) is 19.7 Å². The minimum Gasteiger partial charge on any atom is -0.508 e. The van der Waals surface area contributed by atoms with Crippen LogP contribution in [0.15, 0.2) is 48.5 Å². The predicted molar refractivity (Wildman–Crippen MR) is 118 cm³/mol. The van der Waals surface area contributed by atoms with Gasteiger partial charge in [0.15, 0.2) is 0 Å². The van der Waals surface area contributed by atoms with Crippen molar-refractivity contribution in [1.82, 2.24) is 9.80 Å². The van der Waals surface area contributed by atoms with Crippen LogP contribution in [0.5, 0.6) is 5.75 Å². The first-order valence-corrected chi connectivity index (χ1v) is 11.1. The molecule has 2 bridgehead atoms. The summed E-state index contributed by atoms with van der Waals surface area (Å²) < 4.78 is 0. The molecule has 2 aromatic rings. The molecule has 4 rings (SSSR count). The predicted octanol–water partition coefficient (Wildman–Crippen LogP) is 3.78. The van der Waals surface area contributed by atoms with Gasteiger partial charge in [0, 0.05) is 36.7 Å². The van der Waals surface area contributed by atoms with Gasteiger partial charge >= 0.3 is 0 Å². The van der Waals surface area contributed by atoms with E-state index in [0.29, 0.717) is 41.9 Å². The Hall–Kier alpha value is -2.08. The standard InChI is InChI=1S/C24H29ClN2O3/c25-20-6-4-17(5-7-20)15-26(24(30)16-28)10-11-27-21-8-9-22(27)13-19(12-21)18-2-1-3-23(29)14-18/h1-7,14,19,21-22,28-29H,8-13,15-16H2. The molecular formula is C24H29ClN2O3. The maximum atomic E-state index is 12.3. The number of halogens is 1. The average molecular weight is 429 g/mol. The molecule has 2 aliphatic heterocycles. The van der Waals surface area contributed by atoms with Crippen molar-refractivity contribution in [3.05, 3.63) is 64.7 Å². The lowest BCUT2D eigenvalue weighted by Crippen LogP contribution is -2.47. The van der Waals surface area contributed by atoms with E-state index in [4.69, 9.17) is 11.6 Å². The molecule has 0 radical (unpaired) electrons. The minimum absolute atomic E-state index is 0.244. The maximum absolute atomic E-state index is 12.3. The first kappa shape index (κ1) is 21.2. The number of fused-ring (bicyclic) bond motifs is 2. The molecule has 2 aromatic carbocycles. The molecule has 0 aliphatic carbocycles. The second-order valence-electron chi connectivity index (χ2n) is 8.49. The number of aromatic hydroxyl groups is 1. The molecule has 2 atom stereocenters. The van der Waals surface area contributed by atoms with Crippen LogP contribution in [-0.2, 0) is 11.3 Å². The fourth-order valence-electron chi connectivity index (χ4n) is 5.13. The number of phenolic OH excluding ortho intramolecular Hbond substituents is 1. The lowest BCUT2D eigenvalue weighted by Gasteiger charge is -2.40. The molecule has 2 aliphatic rings. The third kappa shape index (κ3) is 4.80. The minimum atomic E-state index is -0.472. The zero-order valence-electron chi connectivity index (χ0n) is 17.1. The van der Waals surface area contributed by atoms with Crippen molar-refractivity contribution < 1.29 is 15.0 Å². The summed E-state index contributed by atoms with van der Waals surface area (Å²) in [5, 5.41) is 19.9. The number of benzene rings is 2. The van der Waals surface area contributed by atoms with Gasteiger partial charge < -0.3 is 15.1 Å². The van der Waals surface area contributed by atoms with Crippen LogP contribution in [0.4, 0.5) is 0 Å². The molecule has 2 N–H and O–H groups in total. The van der Waals surface area contributed by atoms with Gasteiger partial charge in [-0.3, -0.25) is 9.69 Å². The summed E-state index contributed by atoms with van der Waals surface area (Å²) in [4.78, 5) is 16.6. The number of aliphatic hydroxyl groups excluding tert-OH is 1. The van der Waals surface area contributed by atoms with Crippen LogP contribution >= 0.6 is 11.6 Å². The lowest BCUT2D eigenvalue weighted by atomic mass is 9.85. The first-order chi connectivity index (χ1) is 14.5. The van der Waals surface area contributed by atoms with Gasteiger partial charge in [0.2, 0.25) is 5.91 Å². The second kappa shape index (κ2) is 9.38. The third-order valence-corrected chi connectivity index (χ3v) is 6.88. The van der Waals surface area contributed by atoms with Crippen molar-refractivity contribution in [3.63, 3.8) is 0 Å². The summed E-state index contributed by atoms with van der Waals surface area (Å²) in [5.41, 5.74) is 2.23. The van der Waals surface area contributed by atoms with Gasteiger partial charge in [-0.15, -0.1) is 0 Å². The number of piperidine rings is 1. The van der Waals surface area contributed by atoms with Gasteiger partial charge in [0.1, 0.15) is 12.4 Å². The maximum Gasteiger partial charge on any atom is 0.248 e. The highest BCUT2D eigenvalue weighted by Gasteiger charge is 2.41. The normalized spacial score (nSPS) is 23.5. The highest BCUT2D eigenvalue weighted by Crippen LogP contribution is 2.43. The molecule has 0 aromatic heterocycles. The number of rotatable bonds is 7. The second-order valence-corrected chi connectivity index (χ2v) is 8.92. The molecule has 0 saturated carbocycles. The Labute approximate surface area is 182 Å². The Bertz CT molecular complexity index is 859. The van der Waals surface area contributed by atoms with E-state index in [2.05, 4.69) is 11.0 Å². The van der Waals surface area contributed by atoms with Crippen molar-refractivity contribution in [2.24, 2.45) is 0 Å². The van der Waals surface area contributed by atoms with Gasteiger partial charge in [-0.25, -0.2) is 0 Å². The van der Waals surface area contributed by atoms with Crippen molar-refractivity contribution in [3.8, 4) is 5.75 Å². The quantitative estimate of drug-likeness (QED) is 0.704. The van der Waals surface area contributed by atoms with Crippen molar-refractivity contribution >= 4 is 17.5 Å². The van der Waals surface area contributed by atoms with Gasteiger partial charge in [-0.1, -0.05) is 35.9 Å². The van der Waals surface area contributed by atoms with Crippen LogP contribution in [0.25, 0.3) is 0 Å². The molecule has 160 valence electrons. The Morgan fingerprint density at radius 1 is 1.10 bits per heavy atom. The van der Waals surface area contributed by atoms with Crippen molar-refractivity contribution in [2.45, 2.75) is 50.2 Å². The molecule has 1 amide bonds. The number of phenols is 1. The molecule has 0 spiro atoms. The number of carbonyl (C=O) groups excluding carboxylic acids is 1. The highest BCUT2D eigenvalue weighted by atomic mass is 35.5. The van der Waals surface area contributed by atoms with E-state index in [1.165, 1.54) is 18.4 Å². The zero-order valence-corrected chi connectivity index (χ0v) is 17.8. The summed E-state index contributed by atoms with van der Waals surface area (Å²) in [6.45, 7) is 1.43. The van der Waals surface area contributed by atoms with E-state index < -0.39 is 6.61 Å². The number of aliphatic hydroxyl groups is 1. The summed E-state index contributed by atoms with van der Waals surface area (Å²) in [7, 11) is 0. The SMILES string of the molecule is O=C(CO)N(CCN1C2CCC1CC(c1cccc(O)c1)C2)Cc1ccc(Cl)cc1. The molecule has 6 heteroatoms. The summed E-state index contributed by atoms with van der Waals surface area (Å²) in [6.07, 6.45) is 4.55. The molecule has 5 nitrogen and oxygen atoms in total. The molecule has 2 fully saturated rings. The largest absolute Gasteiger partial charge is 0.508 e. The van der Waals surface area contributed by atoms with Gasteiger partial charge in [0.05, 0.1) is 0 Å². The van der Waals surface area contributed by atoms with E-state index in [1.807, 2.05) is 36.4 Å². The summed E-state index contributed by atoms with van der Waals surface area (Å²) in [5.74, 6) is 0.574. The smallest absolute Gasteiger partial charge is 0.248 e. The van der Waals surface area contributed by atoms with E-state index in [9.17, 15) is 15.0 Å². The summed E-state index contributed by atoms with van der Waals surface area (Å²) >= 11 is 5.96. The monoisotopic (exact) mass is 428 g/mol. The Morgan fingerprint density at radius 3 is 2.43 bits per heavy atom.